The van der Waals surface area contributed by atoms with Gasteiger partial charge in [-0.05, 0) is 40.1 Å². The Bertz CT molecular complexity index is 956. The summed E-state index contributed by atoms with van der Waals surface area (Å²) in [6.45, 7) is 6.87. The van der Waals surface area contributed by atoms with E-state index >= 15 is 0 Å². The molecule has 0 aliphatic carbocycles. The zero-order valence-electron chi connectivity index (χ0n) is 14.7. The van der Waals surface area contributed by atoms with Gasteiger partial charge in [-0.2, -0.15) is 0 Å². The van der Waals surface area contributed by atoms with Crippen LogP contribution in [0.1, 0.15) is 42.4 Å². The van der Waals surface area contributed by atoms with Crippen LogP contribution >= 0.6 is 0 Å². The van der Waals surface area contributed by atoms with Crippen molar-refractivity contribution >= 4 is 16.7 Å². The van der Waals surface area contributed by atoms with Crippen molar-refractivity contribution in [3.8, 4) is 11.1 Å². The van der Waals surface area contributed by atoms with Crippen LogP contribution in [0.5, 0.6) is 0 Å². The largest absolute Gasteiger partial charge is 0.478 e. The van der Waals surface area contributed by atoms with E-state index in [0.717, 1.165) is 27.6 Å². The van der Waals surface area contributed by atoms with Crippen molar-refractivity contribution in [2.24, 2.45) is 5.73 Å². The van der Waals surface area contributed by atoms with E-state index in [1.54, 1.807) is 24.4 Å². The average Bonchev–Trinajstić information content (AvgIpc) is 2.59. The van der Waals surface area contributed by atoms with Crippen molar-refractivity contribution in [1.82, 2.24) is 4.98 Å². The molecule has 0 aliphatic heterocycles. The van der Waals surface area contributed by atoms with E-state index in [2.05, 4.69) is 44.0 Å². The maximum atomic E-state index is 11.3. The maximum Gasteiger partial charge on any atom is 0.335 e. The lowest BCUT2D eigenvalue weighted by molar-refractivity contribution is 0.0697. The molecular weight excluding hydrogens is 312 g/mol. The van der Waals surface area contributed by atoms with Gasteiger partial charge in [-0.1, -0.05) is 45.0 Å². The lowest BCUT2D eigenvalue weighted by Gasteiger charge is -2.20. The summed E-state index contributed by atoms with van der Waals surface area (Å²) in [5, 5.41) is 11.3. The lowest BCUT2D eigenvalue weighted by Crippen LogP contribution is -2.11. The Balaban J connectivity index is 2.27. The van der Waals surface area contributed by atoms with E-state index in [-0.39, 0.29) is 11.0 Å². The summed E-state index contributed by atoms with van der Waals surface area (Å²) in [6, 6.07) is 13.3. The molecule has 25 heavy (non-hydrogen) atoms. The molecular formula is C21H22N2O2. The Morgan fingerprint density at radius 2 is 1.88 bits per heavy atom. The third kappa shape index (κ3) is 3.26. The highest BCUT2D eigenvalue weighted by Crippen LogP contribution is 2.33. The van der Waals surface area contributed by atoms with Gasteiger partial charge in [0, 0.05) is 23.7 Å². The molecule has 0 radical (unpaired) electrons. The second-order valence-corrected chi connectivity index (χ2v) is 7.22. The van der Waals surface area contributed by atoms with Crippen LogP contribution in [0.15, 0.2) is 48.7 Å². The molecule has 0 amide bonds. The molecule has 3 N–H and O–H groups in total. The highest BCUT2D eigenvalue weighted by molar-refractivity contribution is 5.99. The summed E-state index contributed by atoms with van der Waals surface area (Å²) in [5.41, 5.74) is 9.99. The van der Waals surface area contributed by atoms with E-state index in [4.69, 9.17) is 5.73 Å². The zero-order chi connectivity index (χ0) is 18.2. The van der Waals surface area contributed by atoms with Crippen molar-refractivity contribution in [3.05, 3.63) is 65.5 Å². The molecule has 0 atom stereocenters. The number of aromatic nitrogens is 1. The minimum Gasteiger partial charge on any atom is -0.478 e. The van der Waals surface area contributed by atoms with E-state index in [1.807, 2.05) is 6.07 Å². The molecule has 4 nitrogen and oxygen atoms in total. The van der Waals surface area contributed by atoms with Crippen LogP contribution < -0.4 is 5.73 Å². The molecule has 3 aromatic rings. The molecule has 0 spiro atoms. The van der Waals surface area contributed by atoms with E-state index in [0.29, 0.717) is 6.54 Å². The second-order valence-electron chi connectivity index (χ2n) is 7.22. The Hall–Kier alpha value is -2.72. The minimum absolute atomic E-state index is 0.0271. The molecule has 1 heterocycles. The molecule has 0 saturated heterocycles. The third-order valence-corrected chi connectivity index (χ3v) is 4.45. The number of carbonyl (C=O) groups is 1. The highest BCUT2D eigenvalue weighted by atomic mass is 16.4. The molecule has 2 aromatic carbocycles. The van der Waals surface area contributed by atoms with Gasteiger partial charge < -0.3 is 10.8 Å². The summed E-state index contributed by atoms with van der Waals surface area (Å²) < 4.78 is 0. The van der Waals surface area contributed by atoms with Gasteiger partial charge in [0.25, 0.3) is 0 Å². The van der Waals surface area contributed by atoms with Crippen LogP contribution in [0.3, 0.4) is 0 Å². The van der Waals surface area contributed by atoms with E-state index in [9.17, 15) is 9.90 Å². The Morgan fingerprint density at radius 1 is 1.12 bits per heavy atom. The van der Waals surface area contributed by atoms with Crippen LogP contribution in [0.4, 0.5) is 0 Å². The second kappa shape index (κ2) is 6.30. The van der Waals surface area contributed by atoms with Crippen LogP contribution in [0, 0.1) is 0 Å². The first-order valence-electron chi connectivity index (χ1n) is 8.27. The number of aromatic carboxylic acids is 1. The molecule has 3 rings (SSSR count). The number of fused-ring (bicyclic) bond motifs is 1. The fourth-order valence-corrected chi connectivity index (χ4v) is 2.98. The first-order chi connectivity index (χ1) is 11.8. The van der Waals surface area contributed by atoms with Gasteiger partial charge in [-0.3, -0.25) is 4.98 Å². The Labute approximate surface area is 147 Å². The standard InChI is InChI=1S/C21H22N2O2/c1-21(2,3)15-7-8-16-17(10-15)19(11-22)23-12-18(16)13-5-4-6-14(9-13)20(24)25/h4-10,12H,11,22H2,1-3H3,(H,24,25). The summed E-state index contributed by atoms with van der Waals surface area (Å²) in [6.07, 6.45) is 1.78. The van der Waals surface area contributed by atoms with Crippen molar-refractivity contribution in [3.63, 3.8) is 0 Å². The van der Waals surface area contributed by atoms with Crippen molar-refractivity contribution in [1.29, 1.82) is 0 Å². The summed E-state index contributed by atoms with van der Waals surface area (Å²) in [4.78, 5) is 15.8. The number of carboxylic acid groups (broad SMARTS) is 1. The number of rotatable bonds is 3. The number of pyridine rings is 1. The number of carboxylic acids is 1. The topological polar surface area (TPSA) is 76.2 Å². The van der Waals surface area contributed by atoms with Crippen LogP contribution in [-0.4, -0.2) is 16.1 Å². The predicted molar refractivity (Wildman–Crippen MR) is 101 cm³/mol. The van der Waals surface area contributed by atoms with Crippen LogP contribution in [0.25, 0.3) is 21.9 Å². The van der Waals surface area contributed by atoms with E-state index in [1.165, 1.54) is 5.56 Å². The monoisotopic (exact) mass is 334 g/mol. The zero-order valence-corrected chi connectivity index (χ0v) is 14.7. The first kappa shape index (κ1) is 17.1. The minimum atomic E-state index is -0.937. The van der Waals surface area contributed by atoms with Crippen LogP contribution in [0.2, 0.25) is 0 Å². The van der Waals surface area contributed by atoms with Gasteiger partial charge in [-0.15, -0.1) is 0 Å². The lowest BCUT2D eigenvalue weighted by atomic mass is 9.85. The average molecular weight is 334 g/mol. The van der Waals surface area contributed by atoms with Gasteiger partial charge in [-0.25, -0.2) is 4.79 Å². The summed E-state index contributed by atoms with van der Waals surface area (Å²) in [5.74, 6) is -0.937. The molecule has 1 aromatic heterocycles. The Morgan fingerprint density at radius 3 is 2.52 bits per heavy atom. The summed E-state index contributed by atoms with van der Waals surface area (Å²) >= 11 is 0. The van der Waals surface area contributed by atoms with Gasteiger partial charge in [0.15, 0.2) is 0 Å². The summed E-state index contributed by atoms with van der Waals surface area (Å²) in [7, 11) is 0. The molecule has 0 saturated carbocycles. The molecule has 0 unspecified atom stereocenters. The Kier molecular flexibility index (Phi) is 4.31. The molecule has 0 bridgehead atoms. The smallest absolute Gasteiger partial charge is 0.335 e. The number of hydrogen-bond acceptors (Lipinski definition) is 3. The molecule has 0 fully saturated rings. The van der Waals surface area contributed by atoms with Crippen LogP contribution in [-0.2, 0) is 12.0 Å². The van der Waals surface area contributed by atoms with Gasteiger partial charge >= 0.3 is 5.97 Å². The van der Waals surface area contributed by atoms with Gasteiger partial charge in [0.2, 0.25) is 0 Å². The number of nitrogens with zero attached hydrogens (tertiary/aromatic N) is 1. The predicted octanol–water partition coefficient (Wildman–Crippen LogP) is 4.36. The van der Waals surface area contributed by atoms with Crippen molar-refractivity contribution in [2.45, 2.75) is 32.7 Å². The number of nitrogens with two attached hydrogens (primary N) is 1. The highest BCUT2D eigenvalue weighted by Gasteiger charge is 2.17. The van der Waals surface area contributed by atoms with Crippen molar-refractivity contribution < 1.29 is 9.90 Å². The first-order valence-corrected chi connectivity index (χ1v) is 8.27. The number of hydrogen-bond donors (Lipinski definition) is 2. The SMILES string of the molecule is CC(C)(C)c1ccc2c(-c3cccc(C(=O)O)c3)cnc(CN)c2c1. The van der Waals surface area contributed by atoms with Gasteiger partial charge in [0.05, 0.1) is 11.3 Å². The molecule has 128 valence electrons. The quantitative estimate of drug-likeness (QED) is 0.746. The molecule has 4 heteroatoms. The third-order valence-electron chi connectivity index (χ3n) is 4.45. The van der Waals surface area contributed by atoms with Crippen molar-refractivity contribution in [2.75, 3.05) is 0 Å². The fourth-order valence-electron chi connectivity index (χ4n) is 2.98. The fraction of sp³-hybridized carbons (Fsp3) is 0.238. The maximum absolute atomic E-state index is 11.3. The molecule has 0 aliphatic rings. The normalized spacial score (nSPS) is 11.7. The number of benzene rings is 2. The van der Waals surface area contributed by atoms with E-state index < -0.39 is 5.97 Å². The van der Waals surface area contributed by atoms with Gasteiger partial charge in [0.1, 0.15) is 0 Å².